The number of aryl methyl sites for hydroxylation is 1. The molecule has 3 heteroatoms. The maximum Gasteiger partial charge on any atom is 0.0444 e. The van der Waals surface area contributed by atoms with Gasteiger partial charge in [-0.15, -0.1) is 0 Å². The molecule has 2 nitrogen and oxygen atoms in total. The van der Waals surface area contributed by atoms with Crippen molar-refractivity contribution in [2.45, 2.75) is 31.7 Å². The molecule has 1 aliphatic carbocycles. The molecule has 0 amide bonds. The summed E-state index contributed by atoms with van der Waals surface area (Å²) in [4.78, 5) is 2.65. The van der Waals surface area contributed by atoms with E-state index >= 15 is 0 Å². The van der Waals surface area contributed by atoms with Crippen LogP contribution in [0.25, 0.3) is 0 Å². The molecule has 98 valence electrons. The van der Waals surface area contributed by atoms with Crippen molar-refractivity contribution in [1.82, 2.24) is 10.2 Å². The fraction of sp³-hybridized carbons (Fsp3) is 0.600. The molecule has 1 aromatic carbocycles. The molecule has 0 bridgehead atoms. The van der Waals surface area contributed by atoms with Gasteiger partial charge >= 0.3 is 0 Å². The van der Waals surface area contributed by atoms with E-state index in [-0.39, 0.29) is 0 Å². The van der Waals surface area contributed by atoms with Crippen molar-refractivity contribution < 1.29 is 0 Å². The third-order valence-electron chi connectivity index (χ3n) is 4.51. The zero-order valence-electron chi connectivity index (χ0n) is 11.0. The van der Waals surface area contributed by atoms with Gasteiger partial charge in [-0.05, 0) is 36.0 Å². The summed E-state index contributed by atoms with van der Waals surface area (Å²) in [7, 11) is 0. The number of fused-ring (bicyclic) bond motifs is 1. The molecule has 1 N–H and O–H groups in total. The molecule has 18 heavy (non-hydrogen) atoms. The number of piperazine rings is 1. The van der Waals surface area contributed by atoms with Crippen molar-refractivity contribution in [1.29, 1.82) is 0 Å². The number of hydrogen-bond donors (Lipinski definition) is 1. The first-order valence-corrected chi connectivity index (χ1v) is 7.37. The molecule has 0 radical (unpaired) electrons. The molecule has 3 rings (SSSR count). The van der Waals surface area contributed by atoms with Gasteiger partial charge in [-0.1, -0.05) is 30.7 Å². The average molecular weight is 265 g/mol. The van der Waals surface area contributed by atoms with E-state index in [4.69, 9.17) is 11.6 Å². The van der Waals surface area contributed by atoms with Gasteiger partial charge in [0.2, 0.25) is 0 Å². The molecule has 1 saturated heterocycles. The molecule has 0 saturated carbocycles. The molecular weight excluding hydrogens is 244 g/mol. The van der Waals surface area contributed by atoms with E-state index in [1.54, 1.807) is 0 Å². The van der Waals surface area contributed by atoms with Crippen LogP contribution in [-0.4, -0.2) is 37.1 Å². The first kappa shape index (κ1) is 12.5. The van der Waals surface area contributed by atoms with E-state index in [0.717, 1.165) is 18.1 Å². The Hall–Kier alpha value is -0.570. The average Bonchev–Trinajstić information content (AvgIpc) is 2.40. The molecule has 1 fully saturated rings. The highest BCUT2D eigenvalue weighted by atomic mass is 35.5. The summed E-state index contributed by atoms with van der Waals surface area (Å²) in [6.45, 7) is 6.94. The summed E-state index contributed by atoms with van der Waals surface area (Å²) in [5, 5.41) is 4.39. The van der Waals surface area contributed by atoms with Gasteiger partial charge in [-0.2, -0.15) is 0 Å². The third kappa shape index (κ3) is 2.18. The Morgan fingerprint density at radius 3 is 2.83 bits per heavy atom. The highest BCUT2D eigenvalue weighted by molar-refractivity contribution is 6.31. The van der Waals surface area contributed by atoms with Crippen molar-refractivity contribution >= 4 is 11.6 Å². The molecule has 1 aliphatic heterocycles. The minimum absolute atomic E-state index is 0.556. The smallest absolute Gasteiger partial charge is 0.0444 e. The highest BCUT2D eigenvalue weighted by Gasteiger charge is 2.32. The molecule has 0 aromatic heterocycles. The van der Waals surface area contributed by atoms with E-state index in [0.29, 0.717) is 12.0 Å². The summed E-state index contributed by atoms with van der Waals surface area (Å²) in [6.07, 6.45) is 2.45. The number of nitrogens with one attached hydrogen (secondary N) is 1. The lowest BCUT2D eigenvalue weighted by Crippen LogP contribution is -2.51. The summed E-state index contributed by atoms with van der Waals surface area (Å²) in [5.41, 5.74) is 2.86. The Bertz CT molecular complexity index is 427. The van der Waals surface area contributed by atoms with Gasteiger partial charge in [0.15, 0.2) is 0 Å². The first-order chi connectivity index (χ1) is 8.77. The Balaban J connectivity index is 1.86. The normalized spacial score (nSPS) is 29.0. The van der Waals surface area contributed by atoms with Crippen LogP contribution in [0, 0.1) is 0 Å². The highest BCUT2D eigenvalue weighted by Crippen LogP contribution is 2.38. The zero-order valence-corrected chi connectivity index (χ0v) is 11.7. The summed E-state index contributed by atoms with van der Waals surface area (Å²) in [5.74, 6) is 0.556. The van der Waals surface area contributed by atoms with Crippen LogP contribution >= 0.6 is 11.6 Å². The Labute approximate surface area is 114 Å². The molecular formula is C15H21ClN2. The van der Waals surface area contributed by atoms with Crippen molar-refractivity contribution in [2.75, 3.05) is 26.2 Å². The molecule has 2 unspecified atom stereocenters. The lowest BCUT2D eigenvalue weighted by molar-refractivity contribution is 0.141. The van der Waals surface area contributed by atoms with Crippen molar-refractivity contribution in [3.63, 3.8) is 0 Å². The SMILES string of the molecule is CC1c2c(Cl)cccc2CCC1N1CCNCC1. The van der Waals surface area contributed by atoms with Gasteiger partial charge in [0.25, 0.3) is 0 Å². The van der Waals surface area contributed by atoms with Gasteiger partial charge in [0, 0.05) is 37.2 Å². The van der Waals surface area contributed by atoms with Crippen LogP contribution in [0.1, 0.15) is 30.4 Å². The molecule has 2 aliphatic rings. The molecule has 0 spiro atoms. The summed E-state index contributed by atoms with van der Waals surface area (Å²) < 4.78 is 0. The van der Waals surface area contributed by atoms with Gasteiger partial charge in [0.1, 0.15) is 0 Å². The second-order valence-electron chi connectivity index (χ2n) is 5.49. The molecule has 1 aromatic rings. The van der Waals surface area contributed by atoms with Crippen molar-refractivity contribution in [2.24, 2.45) is 0 Å². The topological polar surface area (TPSA) is 15.3 Å². The minimum atomic E-state index is 0.556. The number of halogens is 1. The number of benzene rings is 1. The van der Waals surface area contributed by atoms with Crippen LogP contribution in [0.4, 0.5) is 0 Å². The fourth-order valence-electron chi connectivity index (χ4n) is 3.57. The Morgan fingerprint density at radius 2 is 2.06 bits per heavy atom. The van der Waals surface area contributed by atoms with Crippen LogP contribution in [0.15, 0.2) is 18.2 Å². The van der Waals surface area contributed by atoms with Crippen LogP contribution in [0.5, 0.6) is 0 Å². The molecule has 2 atom stereocenters. The van der Waals surface area contributed by atoms with E-state index in [2.05, 4.69) is 29.3 Å². The second kappa shape index (κ2) is 5.20. The maximum absolute atomic E-state index is 6.41. The van der Waals surface area contributed by atoms with Crippen LogP contribution in [0.2, 0.25) is 5.02 Å². The minimum Gasteiger partial charge on any atom is -0.314 e. The van der Waals surface area contributed by atoms with Crippen LogP contribution in [0.3, 0.4) is 0 Å². The lowest BCUT2D eigenvalue weighted by atomic mass is 9.79. The van der Waals surface area contributed by atoms with Gasteiger partial charge in [-0.3, -0.25) is 4.90 Å². The zero-order chi connectivity index (χ0) is 12.5. The van der Waals surface area contributed by atoms with E-state index in [1.165, 1.54) is 37.1 Å². The second-order valence-corrected chi connectivity index (χ2v) is 5.90. The van der Waals surface area contributed by atoms with Gasteiger partial charge in [0.05, 0.1) is 0 Å². The van der Waals surface area contributed by atoms with Crippen molar-refractivity contribution in [3.8, 4) is 0 Å². The largest absolute Gasteiger partial charge is 0.314 e. The first-order valence-electron chi connectivity index (χ1n) is 6.99. The summed E-state index contributed by atoms with van der Waals surface area (Å²) in [6, 6.07) is 7.03. The van der Waals surface area contributed by atoms with Gasteiger partial charge in [-0.25, -0.2) is 0 Å². The number of rotatable bonds is 1. The predicted molar refractivity (Wildman–Crippen MR) is 76.4 cm³/mol. The van der Waals surface area contributed by atoms with Crippen LogP contribution in [-0.2, 0) is 6.42 Å². The van der Waals surface area contributed by atoms with E-state index in [1.807, 2.05) is 6.07 Å². The quantitative estimate of drug-likeness (QED) is 0.839. The third-order valence-corrected chi connectivity index (χ3v) is 4.84. The Kier molecular flexibility index (Phi) is 3.60. The standard InChI is InChI=1S/C15H21ClN2/c1-11-14(18-9-7-17-8-10-18)6-5-12-3-2-4-13(16)15(11)12/h2-4,11,14,17H,5-10H2,1H3. The van der Waals surface area contributed by atoms with Gasteiger partial charge < -0.3 is 5.32 Å². The maximum atomic E-state index is 6.41. The lowest BCUT2D eigenvalue weighted by Gasteiger charge is -2.41. The van der Waals surface area contributed by atoms with Crippen LogP contribution < -0.4 is 5.32 Å². The van der Waals surface area contributed by atoms with Crippen molar-refractivity contribution in [3.05, 3.63) is 34.3 Å². The predicted octanol–water partition coefficient (Wildman–Crippen LogP) is 2.66. The van der Waals surface area contributed by atoms with E-state index < -0.39 is 0 Å². The summed E-state index contributed by atoms with van der Waals surface area (Å²) >= 11 is 6.41. The molecule has 1 heterocycles. The number of nitrogens with zero attached hydrogens (tertiary/aromatic N) is 1. The Morgan fingerprint density at radius 1 is 1.28 bits per heavy atom. The van der Waals surface area contributed by atoms with E-state index in [9.17, 15) is 0 Å². The monoisotopic (exact) mass is 264 g/mol. The fourth-order valence-corrected chi connectivity index (χ4v) is 3.93. The number of hydrogen-bond acceptors (Lipinski definition) is 2.